The second kappa shape index (κ2) is 8.83. The summed E-state index contributed by atoms with van der Waals surface area (Å²) in [6, 6.07) is 8.76. The molecule has 132 valence electrons. The number of piperidine rings is 1. The van der Waals surface area contributed by atoms with E-state index in [4.69, 9.17) is 0 Å². The highest BCUT2D eigenvalue weighted by Crippen LogP contribution is 2.25. The maximum absolute atomic E-state index is 12.8. The van der Waals surface area contributed by atoms with E-state index in [1.165, 1.54) is 0 Å². The number of nitrogens with one attached hydrogen (secondary N) is 1. The van der Waals surface area contributed by atoms with Gasteiger partial charge in [0.2, 0.25) is 11.8 Å². The van der Waals surface area contributed by atoms with E-state index in [1.807, 2.05) is 44.2 Å². The molecule has 0 radical (unpaired) electrons. The van der Waals surface area contributed by atoms with Gasteiger partial charge in [0, 0.05) is 19.5 Å². The minimum atomic E-state index is -0.620. The Hall–Kier alpha value is -1.88. The molecule has 2 rings (SSSR count). The largest absolute Gasteiger partial charge is 0.391 e. The van der Waals surface area contributed by atoms with Crippen LogP contribution in [0.3, 0.4) is 0 Å². The van der Waals surface area contributed by atoms with Crippen molar-refractivity contribution < 1.29 is 14.7 Å². The van der Waals surface area contributed by atoms with Crippen molar-refractivity contribution in [2.24, 2.45) is 5.92 Å². The zero-order valence-corrected chi connectivity index (χ0v) is 14.6. The summed E-state index contributed by atoms with van der Waals surface area (Å²) in [5.41, 5.74) is 0.809. The number of hydrogen-bond acceptors (Lipinski definition) is 3. The molecule has 1 aromatic rings. The SMILES string of the molecule is CC(C)CC(O)CNC(=O)C(c1ccccc1)N1CCCCC1=O. The lowest BCUT2D eigenvalue weighted by molar-refractivity contribution is -0.142. The minimum Gasteiger partial charge on any atom is -0.391 e. The predicted molar refractivity (Wildman–Crippen MR) is 93.2 cm³/mol. The van der Waals surface area contributed by atoms with Crippen molar-refractivity contribution >= 4 is 11.8 Å². The highest BCUT2D eigenvalue weighted by atomic mass is 16.3. The summed E-state index contributed by atoms with van der Waals surface area (Å²) in [5.74, 6) is 0.165. The van der Waals surface area contributed by atoms with E-state index in [0.29, 0.717) is 25.3 Å². The van der Waals surface area contributed by atoms with E-state index < -0.39 is 12.1 Å². The molecule has 2 unspecified atom stereocenters. The van der Waals surface area contributed by atoms with Crippen molar-refractivity contribution in [1.29, 1.82) is 0 Å². The van der Waals surface area contributed by atoms with Crippen LogP contribution in [0.25, 0.3) is 0 Å². The van der Waals surface area contributed by atoms with Crippen LogP contribution >= 0.6 is 0 Å². The molecule has 1 fully saturated rings. The summed E-state index contributed by atoms with van der Waals surface area (Å²) in [6.45, 7) is 4.87. The van der Waals surface area contributed by atoms with Gasteiger partial charge in [0.1, 0.15) is 6.04 Å². The third kappa shape index (κ3) is 5.06. The second-order valence-electron chi connectivity index (χ2n) is 6.89. The van der Waals surface area contributed by atoms with Crippen molar-refractivity contribution in [1.82, 2.24) is 10.2 Å². The van der Waals surface area contributed by atoms with Crippen LogP contribution in [0.1, 0.15) is 51.1 Å². The Morgan fingerprint density at radius 2 is 1.96 bits per heavy atom. The van der Waals surface area contributed by atoms with E-state index in [9.17, 15) is 14.7 Å². The van der Waals surface area contributed by atoms with Gasteiger partial charge in [-0.05, 0) is 30.7 Å². The molecular formula is C19H28N2O3. The first-order valence-corrected chi connectivity index (χ1v) is 8.79. The predicted octanol–water partition coefficient (Wildman–Crippen LogP) is 2.26. The molecular weight excluding hydrogens is 304 g/mol. The van der Waals surface area contributed by atoms with Gasteiger partial charge in [0.15, 0.2) is 0 Å². The fourth-order valence-corrected chi connectivity index (χ4v) is 3.15. The number of rotatable bonds is 7. The highest BCUT2D eigenvalue weighted by molar-refractivity contribution is 5.89. The monoisotopic (exact) mass is 332 g/mol. The van der Waals surface area contributed by atoms with Gasteiger partial charge < -0.3 is 15.3 Å². The van der Waals surface area contributed by atoms with E-state index in [0.717, 1.165) is 18.4 Å². The van der Waals surface area contributed by atoms with Crippen molar-refractivity contribution in [2.75, 3.05) is 13.1 Å². The molecule has 1 saturated heterocycles. The van der Waals surface area contributed by atoms with E-state index in [-0.39, 0.29) is 18.4 Å². The number of aliphatic hydroxyl groups excluding tert-OH is 1. The molecule has 0 saturated carbocycles. The lowest BCUT2D eigenvalue weighted by atomic mass is 10.00. The van der Waals surface area contributed by atoms with Crippen LogP contribution in [-0.4, -0.2) is 41.0 Å². The molecule has 0 spiro atoms. The zero-order valence-electron chi connectivity index (χ0n) is 14.6. The first-order valence-electron chi connectivity index (χ1n) is 8.79. The van der Waals surface area contributed by atoms with Gasteiger partial charge in [-0.3, -0.25) is 9.59 Å². The second-order valence-corrected chi connectivity index (χ2v) is 6.89. The number of carbonyl (C=O) groups excluding carboxylic acids is 2. The number of benzene rings is 1. The Morgan fingerprint density at radius 1 is 1.25 bits per heavy atom. The summed E-state index contributed by atoms with van der Waals surface area (Å²) in [7, 11) is 0. The fraction of sp³-hybridized carbons (Fsp3) is 0.579. The molecule has 0 bridgehead atoms. The number of aliphatic hydroxyl groups is 1. The topological polar surface area (TPSA) is 69.6 Å². The van der Waals surface area contributed by atoms with Gasteiger partial charge in [0.25, 0.3) is 0 Å². The van der Waals surface area contributed by atoms with Crippen molar-refractivity contribution in [3.8, 4) is 0 Å². The quantitative estimate of drug-likeness (QED) is 0.805. The van der Waals surface area contributed by atoms with Crippen LogP contribution in [0.15, 0.2) is 30.3 Å². The third-order valence-corrected chi connectivity index (χ3v) is 4.29. The maximum atomic E-state index is 12.8. The molecule has 2 atom stereocenters. The highest BCUT2D eigenvalue weighted by Gasteiger charge is 2.32. The standard InChI is InChI=1S/C19H28N2O3/c1-14(2)12-16(22)13-20-19(24)18(15-8-4-3-5-9-15)21-11-7-6-10-17(21)23/h3-5,8-9,14,16,18,22H,6-7,10-13H2,1-2H3,(H,20,24). The van der Waals surface area contributed by atoms with Crippen LogP contribution in [0.5, 0.6) is 0 Å². The van der Waals surface area contributed by atoms with Crippen LogP contribution in [0, 0.1) is 5.92 Å². The molecule has 1 aliphatic rings. The normalized spacial score (nSPS) is 17.7. The van der Waals surface area contributed by atoms with Gasteiger partial charge in [-0.2, -0.15) is 0 Å². The minimum absolute atomic E-state index is 0.0213. The first-order chi connectivity index (χ1) is 11.5. The van der Waals surface area contributed by atoms with Crippen LogP contribution in [0.2, 0.25) is 0 Å². The number of nitrogens with zero attached hydrogens (tertiary/aromatic N) is 1. The average molecular weight is 332 g/mol. The number of likely N-dealkylation sites (tertiary alicyclic amines) is 1. The van der Waals surface area contributed by atoms with Gasteiger partial charge in [0.05, 0.1) is 6.10 Å². The summed E-state index contributed by atoms with van der Waals surface area (Å²) >= 11 is 0. The van der Waals surface area contributed by atoms with Crippen LogP contribution in [-0.2, 0) is 9.59 Å². The van der Waals surface area contributed by atoms with Gasteiger partial charge in [-0.15, -0.1) is 0 Å². The fourth-order valence-electron chi connectivity index (χ4n) is 3.15. The molecule has 5 heteroatoms. The lowest BCUT2D eigenvalue weighted by Gasteiger charge is -2.34. The summed E-state index contributed by atoms with van der Waals surface area (Å²) in [6.07, 6.45) is 2.36. The Labute approximate surface area is 144 Å². The zero-order chi connectivity index (χ0) is 17.5. The molecule has 0 aliphatic carbocycles. The molecule has 1 aliphatic heterocycles. The maximum Gasteiger partial charge on any atom is 0.247 e. The van der Waals surface area contributed by atoms with Crippen molar-refractivity contribution in [3.05, 3.63) is 35.9 Å². The number of carbonyl (C=O) groups is 2. The molecule has 2 amide bonds. The third-order valence-electron chi connectivity index (χ3n) is 4.29. The molecule has 5 nitrogen and oxygen atoms in total. The molecule has 1 aromatic carbocycles. The van der Waals surface area contributed by atoms with Crippen molar-refractivity contribution in [3.63, 3.8) is 0 Å². The smallest absolute Gasteiger partial charge is 0.247 e. The summed E-state index contributed by atoms with van der Waals surface area (Å²) < 4.78 is 0. The van der Waals surface area contributed by atoms with Gasteiger partial charge in [-0.25, -0.2) is 0 Å². The van der Waals surface area contributed by atoms with Gasteiger partial charge >= 0.3 is 0 Å². The first kappa shape index (κ1) is 18.5. The Kier molecular flexibility index (Phi) is 6.79. The van der Waals surface area contributed by atoms with E-state index >= 15 is 0 Å². The van der Waals surface area contributed by atoms with Crippen molar-refractivity contribution in [2.45, 2.75) is 51.7 Å². The number of amides is 2. The summed E-state index contributed by atoms with van der Waals surface area (Å²) in [4.78, 5) is 26.7. The van der Waals surface area contributed by atoms with Crippen LogP contribution in [0.4, 0.5) is 0 Å². The molecule has 2 N–H and O–H groups in total. The summed E-state index contributed by atoms with van der Waals surface area (Å²) in [5, 5.41) is 12.8. The average Bonchev–Trinajstić information content (AvgIpc) is 2.55. The Morgan fingerprint density at radius 3 is 2.58 bits per heavy atom. The van der Waals surface area contributed by atoms with E-state index in [2.05, 4.69) is 5.32 Å². The van der Waals surface area contributed by atoms with Gasteiger partial charge in [-0.1, -0.05) is 44.2 Å². The lowest BCUT2D eigenvalue weighted by Crippen LogP contribution is -2.47. The Balaban J connectivity index is 2.10. The molecule has 0 aromatic heterocycles. The number of hydrogen-bond donors (Lipinski definition) is 2. The van der Waals surface area contributed by atoms with E-state index in [1.54, 1.807) is 4.90 Å². The Bertz CT molecular complexity index is 545. The molecule has 1 heterocycles. The molecule has 24 heavy (non-hydrogen) atoms. The van der Waals surface area contributed by atoms with Crippen LogP contribution < -0.4 is 5.32 Å².